The normalized spacial score (nSPS) is 14.6. The summed E-state index contributed by atoms with van der Waals surface area (Å²) in [6, 6.07) is 3.71. The quantitative estimate of drug-likeness (QED) is 0.0199. The molecule has 0 unspecified atom stereocenters. The van der Waals surface area contributed by atoms with E-state index in [-0.39, 0.29) is 120 Å². The van der Waals surface area contributed by atoms with Crippen molar-refractivity contribution in [1.82, 2.24) is 35.7 Å². The largest absolute Gasteiger partial charge is 0.481 e. The molecule has 0 saturated heterocycles. The number of urea groups is 2. The number of cyclic esters (lactones) is 1. The lowest BCUT2D eigenvalue weighted by molar-refractivity contribution is -0.172. The first-order chi connectivity index (χ1) is 70.1. The van der Waals surface area contributed by atoms with Crippen LogP contribution in [0.15, 0.2) is 35.1 Å². The number of esters is 1. The van der Waals surface area contributed by atoms with E-state index in [1.807, 2.05) is 0 Å². The van der Waals surface area contributed by atoms with Crippen LogP contribution in [0.2, 0.25) is 0 Å². The van der Waals surface area contributed by atoms with Crippen molar-refractivity contribution in [2.24, 2.45) is 17.4 Å². The number of benzene rings is 2. The number of primary amides is 1. The number of nitrogens with zero attached hydrogens (tertiary/aromatic N) is 3. The first kappa shape index (κ1) is 122. The number of pyridine rings is 2. The standard InChI is InChI=1S/C97H155FN10O36/c1-6-97(118)79-65-84-89-77(68-108(84)92(113)78(79)70-143-93(97)114)87-81(12-11-76-72(4)80(98)66-83(104-89)86(76)87)106-96(117)144-69-73-9-10-75(103-90(111)82(8-7-14-101-94(100)115)105-91(112)88(99)71(2)3)64-74(73)67-107(5)95(116)102-15-17-120-19-21-122-23-25-124-27-29-126-31-33-128-35-37-130-39-41-132-43-45-134-47-49-136-51-53-138-55-57-140-59-61-142-63-62-141-60-58-139-56-54-137-52-50-135-48-46-133-44-42-131-40-38-129-36-34-127-32-30-125-28-26-123-24-22-121-20-18-119-16-13-85(109)110/h9-10,64-66,71,81-82,88,118H,6-8,11-63,67-70,99H2,1-5H3,(H,102,116)(H,103,111)(H,105,112)(H,106,117)(H,109,110)(H3,100,101,115)/t81-,82-,88-,97-/m0/s1. The minimum absolute atomic E-state index is 0.0142. The van der Waals surface area contributed by atoms with Crippen LogP contribution < -0.4 is 43.6 Å². The van der Waals surface area contributed by atoms with Gasteiger partial charge in [0.05, 0.1) is 365 Å². The third-order valence-corrected chi connectivity index (χ3v) is 22.4. The van der Waals surface area contributed by atoms with Gasteiger partial charge in [0, 0.05) is 54.9 Å². The zero-order valence-corrected chi connectivity index (χ0v) is 84.3. The zero-order chi connectivity index (χ0) is 103. The number of aliphatic carboxylic acids is 1. The summed E-state index contributed by atoms with van der Waals surface area (Å²) < 4.78 is 161. The van der Waals surface area contributed by atoms with Crippen LogP contribution in [0.4, 0.5) is 24.5 Å². The molecule has 3 aliphatic rings. The van der Waals surface area contributed by atoms with Crippen LogP contribution in [0.25, 0.3) is 22.3 Å². The van der Waals surface area contributed by atoms with Crippen molar-refractivity contribution >= 4 is 58.5 Å². The third kappa shape index (κ3) is 48.6. The average Bonchev–Trinajstić information content (AvgIpc) is 1.56. The second kappa shape index (κ2) is 75.1. The van der Waals surface area contributed by atoms with Gasteiger partial charge in [0.1, 0.15) is 25.1 Å². The molecule has 4 aromatic rings. The summed E-state index contributed by atoms with van der Waals surface area (Å²) in [5.74, 6) is -3.66. The molecule has 7 rings (SSSR count). The van der Waals surface area contributed by atoms with E-state index < -0.39 is 77.0 Å². The lowest BCUT2D eigenvalue weighted by Crippen LogP contribution is -2.51. The number of amides is 7. The van der Waals surface area contributed by atoms with E-state index in [1.54, 1.807) is 59.0 Å². The number of hydrogen-bond acceptors (Lipinski definition) is 37. The van der Waals surface area contributed by atoms with E-state index in [0.717, 1.165) is 0 Å². The molecule has 7 amide bonds. The first-order valence-electron chi connectivity index (χ1n) is 49.5. The van der Waals surface area contributed by atoms with E-state index in [1.165, 1.54) is 15.5 Å². The van der Waals surface area contributed by atoms with Crippen LogP contribution in [0.1, 0.15) is 103 Å². The number of carbonyl (C=O) groups is 7. The van der Waals surface area contributed by atoms with Crippen LogP contribution in [-0.4, -0.2) is 416 Å². The van der Waals surface area contributed by atoms with Gasteiger partial charge >= 0.3 is 30.1 Å². The molecule has 2 aliphatic heterocycles. The Morgan fingerprint density at radius 3 is 1.33 bits per heavy atom. The summed E-state index contributed by atoms with van der Waals surface area (Å²) in [5, 5.41) is 34.6. The van der Waals surface area contributed by atoms with Gasteiger partial charge in [0.25, 0.3) is 5.56 Å². The van der Waals surface area contributed by atoms with Crippen molar-refractivity contribution < 1.29 is 171 Å². The van der Waals surface area contributed by atoms with E-state index in [4.69, 9.17) is 145 Å². The lowest BCUT2D eigenvalue weighted by atomic mass is 9.81. The maximum atomic E-state index is 15.7. The highest BCUT2D eigenvalue weighted by molar-refractivity contribution is 5.98. The molecule has 47 heteroatoms. The molecule has 2 aromatic carbocycles. The lowest BCUT2D eigenvalue weighted by Gasteiger charge is -2.31. The summed E-state index contributed by atoms with van der Waals surface area (Å²) in [4.78, 5) is 111. The first-order valence-corrected chi connectivity index (χ1v) is 49.5. The minimum Gasteiger partial charge on any atom is -0.481 e. The molecule has 4 atom stereocenters. The van der Waals surface area contributed by atoms with Gasteiger partial charge in [0.2, 0.25) is 11.8 Å². The highest BCUT2D eigenvalue weighted by Gasteiger charge is 2.46. The predicted molar refractivity (Wildman–Crippen MR) is 517 cm³/mol. The number of aromatic nitrogens is 2. The molecule has 1 aliphatic carbocycles. The van der Waals surface area contributed by atoms with Crippen LogP contribution >= 0.6 is 0 Å². The Kier molecular flexibility index (Phi) is 63.8. The van der Waals surface area contributed by atoms with E-state index in [9.17, 15) is 43.5 Å². The van der Waals surface area contributed by atoms with Crippen molar-refractivity contribution in [3.05, 3.63) is 91.0 Å². The summed E-state index contributed by atoms with van der Waals surface area (Å²) in [5.41, 5.74) is 13.5. The number of aryl methyl sites for hydroxylation is 1. The summed E-state index contributed by atoms with van der Waals surface area (Å²) in [6.45, 7) is 26.3. The SMILES string of the molecule is CC[C@@]1(O)C(=O)OCc2c1cc1n(c2=O)Cc2c-1nc1cc(F)c(C)c3c1c2[C@@H](NC(=O)OCc1ccc(NC(=O)[C@H](CCCNC(N)=O)NC(=O)[C@@H](N)C(C)C)cc1CN(C)C(=O)NCCOCCOCCOCCOCCOCCOCCOCCOCCOCCOCCOCCOCCOCCOCCOCCOCCOCCOCCOCCOCCOCCOCCOCCOCCC(=O)O)CC3. The van der Waals surface area contributed by atoms with Crippen molar-refractivity contribution in [1.29, 1.82) is 0 Å². The number of nitrogens with two attached hydrogens (primary N) is 2. The maximum absolute atomic E-state index is 15.7. The van der Waals surface area contributed by atoms with Crippen molar-refractivity contribution in [3.63, 3.8) is 0 Å². The number of nitrogens with one attached hydrogen (secondary N) is 5. The van der Waals surface area contributed by atoms with Gasteiger partial charge in [-0.05, 0) is 91.0 Å². The Morgan fingerprint density at radius 1 is 0.535 bits per heavy atom. The van der Waals surface area contributed by atoms with Crippen molar-refractivity contribution in [3.8, 4) is 11.4 Å². The molecule has 0 saturated carbocycles. The van der Waals surface area contributed by atoms with Crippen LogP contribution in [-0.2, 0) is 181 Å². The van der Waals surface area contributed by atoms with E-state index in [2.05, 4.69) is 26.6 Å². The van der Waals surface area contributed by atoms with Crippen LogP contribution in [0, 0.1) is 18.7 Å². The van der Waals surface area contributed by atoms with Gasteiger partial charge in [-0.2, -0.15) is 0 Å². The fraction of sp³-hybridized carbons (Fsp3) is 0.722. The van der Waals surface area contributed by atoms with Crippen LogP contribution in [0.5, 0.6) is 0 Å². The number of carboxylic acid groups (broad SMARTS) is 1. The molecule has 0 bridgehead atoms. The molecule has 11 N–H and O–H groups in total. The predicted octanol–water partition coefficient (Wildman–Crippen LogP) is 3.31. The number of rotatable bonds is 90. The number of carbonyl (C=O) groups excluding carboxylic acids is 6. The molecule has 0 fully saturated rings. The number of fused-ring (bicyclic) bond motifs is 5. The van der Waals surface area contributed by atoms with Crippen LogP contribution in [0.3, 0.4) is 0 Å². The number of halogens is 1. The molecular formula is C97H155FN10O36. The van der Waals surface area contributed by atoms with Crippen molar-refractivity contribution in [2.45, 2.75) is 116 Å². The smallest absolute Gasteiger partial charge is 0.407 e. The van der Waals surface area contributed by atoms with E-state index in [0.29, 0.717) is 354 Å². The Morgan fingerprint density at radius 2 is 0.938 bits per heavy atom. The molecule has 0 spiro atoms. The van der Waals surface area contributed by atoms with E-state index >= 15 is 4.39 Å². The second-order valence-corrected chi connectivity index (χ2v) is 33.3. The van der Waals surface area contributed by atoms with Gasteiger partial charge in [-0.15, -0.1) is 0 Å². The van der Waals surface area contributed by atoms with Gasteiger partial charge in [-0.1, -0.05) is 26.8 Å². The number of anilines is 1. The minimum atomic E-state index is -2.09. The van der Waals surface area contributed by atoms with Crippen molar-refractivity contribution in [2.75, 3.05) is 343 Å². The number of aliphatic hydroxyl groups is 1. The highest BCUT2D eigenvalue weighted by atomic mass is 19.1. The van der Waals surface area contributed by atoms with Gasteiger partial charge in [-0.3, -0.25) is 19.2 Å². The fourth-order valence-electron chi connectivity index (χ4n) is 14.6. The molecule has 46 nitrogen and oxygen atoms in total. The molecule has 4 heterocycles. The Balaban J connectivity index is 0.609. The summed E-state index contributed by atoms with van der Waals surface area (Å²) in [6.07, 6.45) is 0.102. The van der Waals surface area contributed by atoms with Gasteiger partial charge in [-0.25, -0.2) is 28.6 Å². The highest BCUT2D eigenvalue weighted by Crippen LogP contribution is 2.46. The monoisotopic (exact) mass is 2060 g/mol. The number of ether oxygens (including phenoxy) is 26. The molecule has 816 valence electrons. The molecule has 144 heavy (non-hydrogen) atoms. The number of alkyl carbamates (subject to hydrolysis) is 1. The fourth-order valence-corrected chi connectivity index (χ4v) is 14.6. The Labute approximate surface area is 840 Å². The zero-order valence-electron chi connectivity index (χ0n) is 84.3. The third-order valence-electron chi connectivity index (χ3n) is 22.4. The average molecular weight is 2060 g/mol. The Bertz CT molecular complexity index is 4360. The number of carboxylic acids is 1. The Hall–Kier alpha value is -8.62. The molecular weight excluding hydrogens is 1900 g/mol. The topological polar surface area (TPSA) is 550 Å². The van der Waals surface area contributed by atoms with Gasteiger partial charge < -0.3 is 181 Å². The second-order valence-electron chi connectivity index (χ2n) is 33.3. The summed E-state index contributed by atoms with van der Waals surface area (Å²) >= 11 is 0. The molecule has 2 aromatic heterocycles. The maximum Gasteiger partial charge on any atom is 0.407 e. The summed E-state index contributed by atoms with van der Waals surface area (Å²) in [7, 11) is 1.55. The molecule has 0 radical (unpaired) electrons. The number of hydrogen-bond donors (Lipinski definition) is 9. The van der Waals surface area contributed by atoms with Gasteiger partial charge in [0.15, 0.2) is 5.60 Å².